The zero-order valence-corrected chi connectivity index (χ0v) is 45.6. The van der Waals surface area contributed by atoms with Crippen LogP contribution >= 0.6 is 0 Å². The van der Waals surface area contributed by atoms with E-state index in [1.165, 1.54) is 0 Å². The minimum absolute atomic E-state index is 0.143. The molecule has 0 aromatic heterocycles. The molecule has 4 aliphatic heterocycles. The number of aliphatic hydroxyl groups excluding tert-OH is 3. The average molecular weight is 1190 g/mol. The molecule has 3 N–H and O–H groups in total. The Morgan fingerprint density at radius 2 is 0.696 bits per heavy atom. The van der Waals surface area contributed by atoms with Crippen LogP contribution in [-0.4, -0.2) is 193 Å². The van der Waals surface area contributed by atoms with E-state index in [0.29, 0.717) is 110 Å². The molecular weight excluding hydrogens is 1110 g/mol. The normalized spacial score (nSPS) is 19.9. The van der Waals surface area contributed by atoms with Crippen molar-refractivity contribution in [3.05, 3.63) is 0 Å². The van der Waals surface area contributed by atoms with Gasteiger partial charge in [0.25, 0.3) is 35.5 Å². The van der Waals surface area contributed by atoms with Crippen molar-refractivity contribution in [3.8, 4) is 0 Å². The Kier molecular flexibility index (Phi) is 35.4. The number of carbonyl (C=O) groups is 1. The van der Waals surface area contributed by atoms with Gasteiger partial charge in [0.2, 0.25) is 0 Å². The van der Waals surface area contributed by atoms with Crippen LogP contribution < -0.4 is 0 Å². The number of hydrogen-bond acceptors (Lipinski definition) is 13. The summed E-state index contributed by atoms with van der Waals surface area (Å²) in [5.74, 6) is -21.3. The Hall–Kier alpha value is -2.02. The molecule has 472 valence electrons. The van der Waals surface area contributed by atoms with Gasteiger partial charge in [0, 0.05) is 93.1 Å². The lowest BCUT2D eigenvalue weighted by Crippen LogP contribution is -2.44. The van der Waals surface area contributed by atoms with Gasteiger partial charge in [-0.3, -0.25) is 4.79 Å². The van der Waals surface area contributed by atoms with Crippen molar-refractivity contribution >= 4 is 5.97 Å². The number of ether oxygens (including phenoxy) is 9. The second kappa shape index (κ2) is 37.3. The highest BCUT2D eigenvalue weighted by atomic mass is 19.4. The summed E-state index contributed by atoms with van der Waals surface area (Å²) in [4.78, 5) is 10.9. The molecule has 4 fully saturated rings. The first-order valence-corrected chi connectivity index (χ1v) is 26.7. The number of alkyl halides is 15. The van der Waals surface area contributed by atoms with E-state index in [4.69, 9.17) is 48.1 Å². The van der Waals surface area contributed by atoms with Crippen molar-refractivity contribution in [2.75, 3.05) is 106 Å². The molecule has 0 amide bonds. The molecule has 13 nitrogen and oxygen atoms in total. The molecule has 0 saturated carbocycles. The smallest absolute Gasteiger partial charge is 0.394 e. The van der Waals surface area contributed by atoms with Gasteiger partial charge < -0.3 is 58.0 Å². The Morgan fingerprint density at radius 1 is 0.430 bits per heavy atom. The van der Waals surface area contributed by atoms with Gasteiger partial charge in [-0.05, 0) is 115 Å². The monoisotopic (exact) mass is 1190 g/mol. The number of aliphatic hydroxyl groups is 3. The molecule has 0 aliphatic carbocycles. The van der Waals surface area contributed by atoms with Gasteiger partial charge in [0.15, 0.2) is 6.10 Å². The summed E-state index contributed by atoms with van der Waals surface area (Å²) in [5.41, 5.74) is 0. The largest absolute Gasteiger partial charge is 0.454 e. The van der Waals surface area contributed by atoms with Gasteiger partial charge in [-0.25, -0.2) is 52.7 Å². The van der Waals surface area contributed by atoms with E-state index in [1.807, 2.05) is 0 Å². The molecule has 0 bridgehead atoms. The molecule has 28 heteroatoms. The molecule has 0 aromatic rings. The lowest BCUT2D eigenvalue weighted by molar-refractivity contribution is -0.221. The van der Waals surface area contributed by atoms with E-state index < -0.39 is 111 Å². The number of halogens is 15. The first-order chi connectivity index (χ1) is 36.5. The summed E-state index contributed by atoms with van der Waals surface area (Å²) in [5, 5.41) is 27.4. The maximum atomic E-state index is 13.9. The van der Waals surface area contributed by atoms with Gasteiger partial charge in [-0.2, -0.15) is 13.2 Å². The number of rotatable bonds is 30. The fourth-order valence-corrected chi connectivity index (χ4v) is 8.19. The topological polar surface area (TPSA) is 161 Å². The van der Waals surface area contributed by atoms with Crippen LogP contribution in [0.5, 0.6) is 0 Å². The second-order valence-electron chi connectivity index (χ2n) is 20.8. The van der Waals surface area contributed by atoms with E-state index >= 15 is 0 Å². The molecule has 0 aromatic carbocycles. The fraction of sp³-hybridized carbons (Fsp3) is 0.980. The Balaban J connectivity index is 0.000000530. The molecular formula is C51H85F15O13. The number of carbonyl (C=O) groups excluding carboxylic acids is 1. The Labute approximate surface area is 453 Å². The van der Waals surface area contributed by atoms with Gasteiger partial charge in [0.05, 0.1) is 39.3 Å². The zero-order chi connectivity index (χ0) is 60.0. The SMILES string of the molecule is CC(=O)OC(COCCC1CCOCC1)C(F)(F)CC(C)(F)F.CC(F)(F)C(O)COCCC1CCOCC1.CC(F)(F)CC(F)(F)C(O)COCCC1CCOCC1.OC(COCCC1CCOCC1)C(F)(F)CC(F)(F)F. The summed E-state index contributed by atoms with van der Waals surface area (Å²) in [6, 6.07) is 0. The van der Waals surface area contributed by atoms with Crippen molar-refractivity contribution in [2.24, 2.45) is 23.7 Å². The van der Waals surface area contributed by atoms with E-state index in [-0.39, 0.29) is 26.4 Å². The van der Waals surface area contributed by atoms with Crippen LogP contribution in [0.15, 0.2) is 0 Å². The van der Waals surface area contributed by atoms with Crippen LogP contribution in [0.3, 0.4) is 0 Å². The molecule has 4 heterocycles. The van der Waals surface area contributed by atoms with Gasteiger partial charge in [-0.15, -0.1) is 0 Å². The summed E-state index contributed by atoms with van der Waals surface area (Å²) >= 11 is 0. The van der Waals surface area contributed by atoms with Crippen LogP contribution in [0.1, 0.15) is 124 Å². The van der Waals surface area contributed by atoms with Gasteiger partial charge >= 0.3 is 12.1 Å². The first-order valence-electron chi connectivity index (χ1n) is 26.7. The van der Waals surface area contributed by atoms with E-state index in [1.54, 1.807) is 0 Å². The van der Waals surface area contributed by atoms with Crippen LogP contribution in [-0.2, 0) is 47.4 Å². The van der Waals surface area contributed by atoms with Gasteiger partial charge in [-0.1, -0.05) is 0 Å². The summed E-state index contributed by atoms with van der Waals surface area (Å²) < 4.78 is 237. The molecule has 4 aliphatic rings. The van der Waals surface area contributed by atoms with Crippen molar-refractivity contribution in [1.29, 1.82) is 0 Å². The predicted molar refractivity (Wildman–Crippen MR) is 256 cm³/mol. The van der Waals surface area contributed by atoms with Crippen LogP contribution in [0.25, 0.3) is 0 Å². The number of hydrogen-bond donors (Lipinski definition) is 3. The van der Waals surface area contributed by atoms with Crippen LogP contribution in [0.4, 0.5) is 65.9 Å². The lowest BCUT2D eigenvalue weighted by atomic mass is 9.97. The molecule has 0 spiro atoms. The van der Waals surface area contributed by atoms with Crippen LogP contribution in [0.2, 0.25) is 0 Å². The maximum absolute atomic E-state index is 13.9. The lowest BCUT2D eigenvalue weighted by Gasteiger charge is -2.28. The maximum Gasteiger partial charge on any atom is 0.394 e. The minimum atomic E-state index is -5.02. The first kappa shape index (κ1) is 75.0. The predicted octanol–water partition coefficient (Wildman–Crippen LogP) is 10.9. The highest BCUT2D eigenvalue weighted by Crippen LogP contribution is 2.36. The second-order valence-corrected chi connectivity index (χ2v) is 20.8. The summed E-state index contributed by atoms with van der Waals surface area (Å²) in [6.45, 7) is 6.71. The number of esters is 1. The van der Waals surface area contributed by atoms with E-state index in [2.05, 4.69) is 4.74 Å². The van der Waals surface area contributed by atoms with E-state index in [0.717, 1.165) is 77.9 Å². The Bertz CT molecular complexity index is 1490. The molecule has 4 atom stereocenters. The average Bonchev–Trinajstić information content (AvgIpc) is 3.33. The Morgan fingerprint density at radius 3 is 0.962 bits per heavy atom. The quantitative estimate of drug-likeness (QED) is 0.0354. The van der Waals surface area contributed by atoms with Gasteiger partial charge in [0.1, 0.15) is 24.7 Å². The molecule has 0 radical (unpaired) electrons. The highest BCUT2D eigenvalue weighted by Gasteiger charge is 2.50. The van der Waals surface area contributed by atoms with Crippen LogP contribution in [0, 0.1) is 23.7 Å². The third-order valence-corrected chi connectivity index (χ3v) is 13.0. The van der Waals surface area contributed by atoms with Crippen molar-refractivity contribution in [1.82, 2.24) is 0 Å². The van der Waals surface area contributed by atoms with E-state index in [9.17, 15) is 75.8 Å². The fourth-order valence-electron chi connectivity index (χ4n) is 8.19. The third-order valence-electron chi connectivity index (χ3n) is 13.0. The standard InChI is InChI=1S/C15H24F4O4.C13H22F4O3.C12H19F5O3.C11H20F2O3/c1-11(20)23-13(15(18,19)10-14(2,16)17)9-22-8-5-12-3-6-21-7-4-12;1-12(14,15)9-13(16,17)11(18)8-20-7-4-10-2-5-19-6-3-10;13-11(14,8-12(15,16)17)10(18)7-20-6-3-9-1-4-19-5-2-9;1-11(12,13)10(14)8-16-7-4-9-2-5-15-6-3-9/h12-13H,3-10H2,1-2H3;10-11,18H,2-9H2,1H3;9-10,18H,1-8H2;9-10,14H,2-8H2,1H3. The highest BCUT2D eigenvalue weighted by molar-refractivity contribution is 5.66. The molecule has 79 heavy (non-hydrogen) atoms. The summed E-state index contributed by atoms with van der Waals surface area (Å²) in [7, 11) is 0. The summed E-state index contributed by atoms with van der Waals surface area (Å²) in [6.07, 6.45) is -8.94. The van der Waals surface area contributed by atoms with Crippen molar-refractivity contribution < 1.29 is 129 Å². The molecule has 4 rings (SSSR count). The van der Waals surface area contributed by atoms with Crippen molar-refractivity contribution in [2.45, 2.75) is 190 Å². The third kappa shape index (κ3) is 38.5. The minimum Gasteiger partial charge on any atom is -0.454 e. The molecule has 4 saturated heterocycles. The van der Waals surface area contributed by atoms with Crippen molar-refractivity contribution in [3.63, 3.8) is 0 Å². The molecule has 4 unspecified atom stereocenters. The zero-order valence-electron chi connectivity index (χ0n) is 45.6.